The van der Waals surface area contributed by atoms with Gasteiger partial charge in [-0.1, -0.05) is 25.1 Å². The summed E-state index contributed by atoms with van der Waals surface area (Å²) in [6, 6.07) is 6.81. The summed E-state index contributed by atoms with van der Waals surface area (Å²) in [5.74, 6) is 0.361. The number of likely N-dealkylation sites (tertiary alicyclic amines) is 1. The second-order valence-electron chi connectivity index (χ2n) is 7.19. The van der Waals surface area contributed by atoms with Crippen molar-refractivity contribution >= 4 is 11.8 Å². The summed E-state index contributed by atoms with van der Waals surface area (Å²) < 4.78 is 14.2. The predicted molar refractivity (Wildman–Crippen MR) is 93.3 cm³/mol. The first-order valence-corrected chi connectivity index (χ1v) is 8.97. The van der Waals surface area contributed by atoms with Crippen LogP contribution in [0.15, 0.2) is 24.3 Å². The molecule has 25 heavy (non-hydrogen) atoms. The number of benzene rings is 1. The molecule has 6 heteroatoms. The van der Waals surface area contributed by atoms with Crippen LogP contribution in [-0.2, 0) is 9.59 Å². The molecule has 5 nitrogen and oxygen atoms in total. The van der Waals surface area contributed by atoms with E-state index in [0.29, 0.717) is 44.2 Å². The van der Waals surface area contributed by atoms with Gasteiger partial charge in [-0.05, 0) is 18.4 Å². The lowest BCUT2D eigenvalue weighted by Crippen LogP contribution is -2.52. The SMILES string of the molecule is CC(=O)N1CCN(C(=O)CN2C[C@H](C)C[C@H]2c2ccccc2F)CC1. The van der Waals surface area contributed by atoms with Crippen molar-refractivity contribution in [2.24, 2.45) is 5.92 Å². The van der Waals surface area contributed by atoms with Crippen LogP contribution in [0, 0.1) is 11.7 Å². The fraction of sp³-hybridized carbons (Fsp3) is 0.579. The van der Waals surface area contributed by atoms with Crippen LogP contribution in [0.2, 0.25) is 0 Å². The number of amides is 2. The molecule has 0 aromatic heterocycles. The molecule has 2 heterocycles. The number of carbonyl (C=O) groups is 2. The van der Waals surface area contributed by atoms with Gasteiger partial charge in [-0.25, -0.2) is 4.39 Å². The summed E-state index contributed by atoms with van der Waals surface area (Å²) >= 11 is 0. The standard InChI is InChI=1S/C19H26FN3O2/c1-14-11-18(16-5-3-4-6-17(16)20)23(12-14)13-19(25)22-9-7-21(8-10-22)15(2)24/h3-6,14,18H,7-13H2,1-2H3/t14-,18+/m1/s1. The van der Waals surface area contributed by atoms with Crippen molar-refractivity contribution in [3.8, 4) is 0 Å². The van der Waals surface area contributed by atoms with Gasteiger partial charge in [0.15, 0.2) is 0 Å². The summed E-state index contributed by atoms with van der Waals surface area (Å²) in [6.45, 7) is 7.15. The van der Waals surface area contributed by atoms with Crippen molar-refractivity contribution in [1.29, 1.82) is 0 Å². The first-order chi connectivity index (χ1) is 12.0. The van der Waals surface area contributed by atoms with E-state index >= 15 is 0 Å². The Labute approximate surface area is 148 Å². The highest BCUT2D eigenvalue weighted by atomic mass is 19.1. The zero-order valence-electron chi connectivity index (χ0n) is 14.9. The maximum absolute atomic E-state index is 14.2. The molecule has 0 spiro atoms. The molecule has 136 valence electrons. The van der Waals surface area contributed by atoms with Gasteiger partial charge in [0.25, 0.3) is 0 Å². The van der Waals surface area contributed by atoms with E-state index in [1.54, 1.807) is 17.9 Å². The van der Waals surface area contributed by atoms with Gasteiger partial charge in [-0.15, -0.1) is 0 Å². The Balaban J connectivity index is 1.64. The number of halogens is 1. The topological polar surface area (TPSA) is 43.9 Å². The van der Waals surface area contributed by atoms with Gasteiger partial charge in [0.1, 0.15) is 5.82 Å². The second-order valence-corrected chi connectivity index (χ2v) is 7.19. The van der Waals surface area contributed by atoms with E-state index in [9.17, 15) is 14.0 Å². The van der Waals surface area contributed by atoms with Gasteiger partial charge in [0, 0.05) is 51.3 Å². The summed E-state index contributed by atoms with van der Waals surface area (Å²) in [7, 11) is 0. The first-order valence-electron chi connectivity index (χ1n) is 8.97. The molecule has 1 aromatic carbocycles. The molecule has 2 aliphatic heterocycles. The van der Waals surface area contributed by atoms with Crippen LogP contribution in [0.4, 0.5) is 4.39 Å². The number of hydrogen-bond acceptors (Lipinski definition) is 3. The molecule has 2 saturated heterocycles. The minimum Gasteiger partial charge on any atom is -0.339 e. The Morgan fingerprint density at radius 2 is 1.76 bits per heavy atom. The number of piperazine rings is 1. The zero-order valence-corrected chi connectivity index (χ0v) is 14.9. The lowest BCUT2D eigenvalue weighted by atomic mass is 10.0. The summed E-state index contributed by atoms with van der Waals surface area (Å²) in [5, 5.41) is 0. The summed E-state index contributed by atoms with van der Waals surface area (Å²) in [4.78, 5) is 29.8. The molecular weight excluding hydrogens is 321 g/mol. The molecule has 2 amide bonds. The molecule has 2 atom stereocenters. The number of hydrogen-bond donors (Lipinski definition) is 0. The van der Waals surface area contributed by atoms with E-state index in [-0.39, 0.29) is 23.7 Å². The predicted octanol–water partition coefficient (Wildman–Crippen LogP) is 1.90. The Hall–Kier alpha value is -1.95. The third-order valence-electron chi connectivity index (χ3n) is 5.29. The highest BCUT2D eigenvalue weighted by Crippen LogP contribution is 2.36. The van der Waals surface area contributed by atoms with Crippen LogP contribution in [0.3, 0.4) is 0 Å². The minimum atomic E-state index is -0.200. The normalized spacial score (nSPS) is 24.6. The molecule has 1 aromatic rings. The number of carbonyl (C=O) groups excluding carboxylic acids is 2. The number of rotatable bonds is 3. The van der Waals surface area contributed by atoms with Crippen molar-refractivity contribution in [3.05, 3.63) is 35.6 Å². The Morgan fingerprint density at radius 1 is 1.12 bits per heavy atom. The highest BCUT2D eigenvalue weighted by Gasteiger charge is 2.34. The average molecular weight is 347 g/mol. The van der Waals surface area contributed by atoms with Crippen LogP contribution in [0.5, 0.6) is 0 Å². The van der Waals surface area contributed by atoms with Crippen molar-refractivity contribution in [1.82, 2.24) is 14.7 Å². The van der Waals surface area contributed by atoms with Gasteiger partial charge in [0.2, 0.25) is 11.8 Å². The van der Waals surface area contributed by atoms with Crippen LogP contribution < -0.4 is 0 Å². The monoisotopic (exact) mass is 347 g/mol. The highest BCUT2D eigenvalue weighted by molar-refractivity contribution is 5.79. The smallest absolute Gasteiger partial charge is 0.236 e. The van der Waals surface area contributed by atoms with Crippen molar-refractivity contribution in [2.45, 2.75) is 26.3 Å². The lowest BCUT2D eigenvalue weighted by Gasteiger charge is -2.35. The molecule has 0 N–H and O–H groups in total. The molecule has 0 saturated carbocycles. The van der Waals surface area contributed by atoms with Crippen molar-refractivity contribution in [3.63, 3.8) is 0 Å². The van der Waals surface area contributed by atoms with E-state index in [1.807, 2.05) is 17.0 Å². The van der Waals surface area contributed by atoms with E-state index in [0.717, 1.165) is 13.0 Å². The summed E-state index contributed by atoms with van der Waals surface area (Å²) in [5.41, 5.74) is 0.682. The molecular formula is C19H26FN3O2. The quantitative estimate of drug-likeness (QED) is 0.839. The van der Waals surface area contributed by atoms with Crippen molar-refractivity contribution in [2.75, 3.05) is 39.3 Å². The molecule has 3 rings (SSSR count). The molecule has 0 aliphatic carbocycles. The van der Waals surface area contributed by atoms with Crippen LogP contribution >= 0.6 is 0 Å². The summed E-state index contributed by atoms with van der Waals surface area (Å²) in [6.07, 6.45) is 0.867. The molecule has 0 bridgehead atoms. The van der Waals surface area contributed by atoms with E-state index in [4.69, 9.17) is 0 Å². The number of nitrogens with zero attached hydrogens (tertiary/aromatic N) is 3. The third-order valence-corrected chi connectivity index (χ3v) is 5.29. The largest absolute Gasteiger partial charge is 0.339 e. The van der Waals surface area contributed by atoms with E-state index < -0.39 is 0 Å². The molecule has 2 aliphatic rings. The maximum Gasteiger partial charge on any atom is 0.236 e. The van der Waals surface area contributed by atoms with Gasteiger partial charge in [-0.2, -0.15) is 0 Å². The zero-order chi connectivity index (χ0) is 18.0. The van der Waals surface area contributed by atoms with E-state index in [1.165, 1.54) is 6.07 Å². The van der Waals surface area contributed by atoms with Gasteiger partial charge in [0.05, 0.1) is 6.54 Å². The fourth-order valence-electron chi connectivity index (χ4n) is 3.92. The van der Waals surface area contributed by atoms with Crippen LogP contribution in [-0.4, -0.2) is 65.8 Å². The Bertz CT molecular complexity index is 643. The molecule has 2 fully saturated rings. The van der Waals surface area contributed by atoms with Gasteiger partial charge in [-0.3, -0.25) is 14.5 Å². The van der Waals surface area contributed by atoms with Crippen molar-refractivity contribution < 1.29 is 14.0 Å². The minimum absolute atomic E-state index is 0.0429. The molecule has 0 radical (unpaired) electrons. The van der Waals surface area contributed by atoms with Crippen LogP contribution in [0.25, 0.3) is 0 Å². The fourth-order valence-corrected chi connectivity index (χ4v) is 3.92. The van der Waals surface area contributed by atoms with E-state index in [2.05, 4.69) is 11.8 Å². The van der Waals surface area contributed by atoms with Crippen LogP contribution in [0.1, 0.15) is 31.9 Å². The average Bonchev–Trinajstić information content (AvgIpc) is 2.95. The lowest BCUT2D eigenvalue weighted by molar-refractivity contribution is -0.139. The Kier molecular flexibility index (Phi) is 5.37. The third kappa shape index (κ3) is 4.00. The first kappa shape index (κ1) is 17.9. The second kappa shape index (κ2) is 7.52. The van der Waals surface area contributed by atoms with Gasteiger partial charge >= 0.3 is 0 Å². The maximum atomic E-state index is 14.2. The molecule has 0 unspecified atom stereocenters. The van der Waals surface area contributed by atoms with Gasteiger partial charge < -0.3 is 9.80 Å². The Morgan fingerprint density at radius 3 is 2.40 bits per heavy atom.